The molecule has 3 amide bonds. The van der Waals surface area contributed by atoms with Crippen molar-refractivity contribution in [3.63, 3.8) is 0 Å². The van der Waals surface area contributed by atoms with Gasteiger partial charge in [-0.3, -0.25) is 19.7 Å². The molecule has 0 saturated carbocycles. The van der Waals surface area contributed by atoms with E-state index in [9.17, 15) is 14.4 Å². The van der Waals surface area contributed by atoms with Crippen LogP contribution in [0.5, 0.6) is 0 Å². The van der Waals surface area contributed by atoms with Gasteiger partial charge in [-0.1, -0.05) is 17.7 Å². The highest BCUT2D eigenvalue weighted by molar-refractivity contribution is 6.34. The molecule has 1 saturated heterocycles. The van der Waals surface area contributed by atoms with E-state index in [1.807, 2.05) is 6.92 Å². The number of hydrogen-bond acceptors (Lipinski definition) is 4. The minimum Gasteiger partial charge on any atom is -0.384 e. The minimum atomic E-state index is -0.745. The zero-order valence-electron chi connectivity index (χ0n) is 11.4. The van der Waals surface area contributed by atoms with Gasteiger partial charge in [0.15, 0.2) is 0 Å². The van der Waals surface area contributed by atoms with Crippen LogP contribution >= 0.6 is 11.6 Å². The summed E-state index contributed by atoms with van der Waals surface area (Å²) >= 11 is 5.99. The second kappa shape index (κ2) is 6.46. The topological polar surface area (TPSA) is 87.3 Å². The number of halogens is 1. The molecule has 1 aromatic rings. The van der Waals surface area contributed by atoms with Gasteiger partial charge in [-0.05, 0) is 19.4 Å². The smallest absolute Gasteiger partial charge is 0.256 e. The first kappa shape index (κ1) is 15.1. The Labute approximate surface area is 127 Å². The van der Waals surface area contributed by atoms with E-state index in [1.54, 1.807) is 6.07 Å². The van der Waals surface area contributed by atoms with Gasteiger partial charge >= 0.3 is 0 Å². The normalized spacial score (nSPS) is 17.7. The maximum atomic E-state index is 12.3. The fourth-order valence-electron chi connectivity index (χ4n) is 2.04. The summed E-state index contributed by atoms with van der Waals surface area (Å²) < 4.78 is 0. The van der Waals surface area contributed by atoms with Gasteiger partial charge in [0.05, 0.1) is 11.3 Å². The molecule has 0 radical (unpaired) electrons. The fourth-order valence-corrected chi connectivity index (χ4v) is 2.28. The summed E-state index contributed by atoms with van der Waals surface area (Å²) in [5.41, 5.74) is 0.730. The Bertz CT molecular complexity index is 589. The number of rotatable bonds is 4. The van der Waals surface area contributed by atoms with Crippen molar-refractivity contribution in [1.82, 2.24) is 10.6 Å². The molecule has 0 spiro atoms. The molecule has 21 heavy (non-hydrogen) atoms. The van der Waals surface area contributed by atoms with Gasteiger partial charge in [0.1, 0.15) is 11.1 Å². The van der Waals surface area contributed by atoms with Gasteiger partial charge in [-0.2, -0.15) is 0 Å². The molecule has 1 aromatic carbocycles. The van der Waals surface area contributed by atoms with Crippen LogP contribution in [0.2, 0.25) is 5.02 Å². The Morgan fingerprint density at radius 3 is 2.95 bits per heavy atom. The van der Waals surface area contributed by atoms with Crippen molar-refractivity contribution in [3.8, 4) is 0 Å². The van der Waals surface area contributed by atoms with Crippen molar-refractivity contribution in [2.24, 2.45) is 0 Å². The number of carbonyl (C=O) groups excluding carboxylic acids is 3. The average Bonchev–Trinajstić information content (AvgIpc) is 2.42. The van der Waals surface area contributed by atoms with Gasteiger partial charge in [-0.15, -0.1) is 0 Å². The number of hydrogen-bond donors (Lipinski definition) is 3. The van der Waals surface area contributed by atoms with Crippen molar-refractivity contribution in [2.45, 2.75) is 25.8 Å². The Hall–Kier alpha value is -2.26. The highest BCUT2D eigenvalue weighted by atomic mass is 35.5. The lowest BCUT2D eigenvalue weighted by atomic mass is 10.1. The lowest BCUT2D eigenvalue weighted by molar-refractivity contribution is -0.134. The van der Waals surface area contributed by atoms with Crippen LogP contribution in [0.3, 0.4) is 0 Å². The molecule has 1 aliphatic rings. The molecule has 1 unspecified atom stereocenters. The van der Waals surface area contributed by atoms with E-state index in [-0.39, 0.29) is 29.3 Å². The number of piperidine rings is 1. The van der Waals surface area contributed by atoms with Crippen LogP contribution in [0.1, 0.15) is 30.1 Å². The van der Waals surface area contributed by atoms with Crippen LogP contribution in [0.15, 0.2) is 6.07 Å². The monoisotopic (exact) mass is 307 g/mol. The molecule has 3 N–H and O–H groups in total. The first-order chi connectivity index (χ1) is 10.0. The number of nitrogens with one attached hydrogen (secondary N) is 3. The zero-order valence-corrected chi connectivity index (χ0v) is 12.1. The largest absolute Gasteiger partial charge is 0.384 e. The molecular formula is C14H14ClN3O3. The van der Waals surface area contributed by atoms with Crippen LogP contribution < -0.4 is 16.0 Å². The highest BCUT2D eigenvalue weighted by Gasteiger charge is 2.29. The Balaban J connectivity index is 2.17. The van der Waals surface area contributed by atoms with Crippen LogP contribution in [-0.2, 0) is 9.59 Å². The van der Waals surface area contributed by atoms with Gasteiger partial charge in [0.2, 0.25) is 11.8 Å². The quantitative estimate of drug-likeness (QED) is 0.722. The maximum absolute atomic E-state index is 12.3. The van der Waals surface area contributed by atoms with Gasteiger partial charge in [0.25, 0.3) is 5.91 Å². The van der Waals surface area contributed by atoms with E-state index < -0.39 is 17.9 Å². The first-order valence-corrected chi connectivity index (χ1v) is 6.91. The average molecular weight is 308 g/mol. The standard InChI is InChI=1S/C14H14ClN3O3/c1-2-16-9-5-3-4-8(15)12(9)14(21)17-10-6-7-11(19)18-13(10)20/h5,10,16H,2,6-7H2,1H3,(H,17,21)(H,18,19,20). The third-order valence-corrected chi connectivity index (χ3v) is 3.31. The molecule has 110 valence electrons. The second-order valence-electron chi connectivity index (χ2n) is 4.52. The Kier molecular flexibility index (Phi) is 4.66. The maximum Gasteiger partial charge on any atom is 0.256 e. The molecule has 0 bridgehead atoms. The molecule has 0 aliphatic carbocycles. The summed E-state index contributed by atoms with van der Waals surface area (Å²) in [6, 6.07) is 6.14. The van der Waals surface area contributed by atoms with E-state index in [4.69, 9.17) is 11.6 Å². The summed E-state index contributed by atoms with van der Waals surface area (Å²) in [6.07, 6.45) is 0.465. The summed E-state index contributed by atoms with van der Waals surface area (Å²) in [5.74, 6) is -1.33. The zero-order chi connectivity index (χ0) is 15.4. The van der Waals surface area contributed by atoms with Crippen LogP contribution in [-0.4, -0.2) is 30.3 Å². The SMILES string of the molecule is CCNc1cc#cc(Cl)c1C(=O)NC1CCC(=O)NC1=O. The molecule has 1 heterocycles. The van der Waals surface area contributed by atoms with Crippen molar-refractivity contribution >= 4 is 35.0 Å². The molecule has 1 atom stereocenters. The lowest BCUT2D eigenvalue weighted by Gasteiger charge is -2.22. The van der Waals surface area contributed by atoms with Crippen molar-refractivity contribution in [2.75, 3.05) is 11.9 Å². The van der Waals surface area contributed by atoms with Gasteiger partial charge < -0.3 is 10.6 Å². The highest BCUT2D eigenvalue weighted by Crippen LogP contribution is 2.22. The number of anilines is 1. The number of imide groups is 1. The Morgan fingerprint density at radius 1 is 1.52 bits per heavy atom. The molecule has 1 aliphatic heterocycles. The predicted octanol–water partition coefficient (Wildman–Crippen LogP) is 0.907. The number of carbonyl (C=O) groups is 3. The van der Waals surface area contributed by atoms with Crippen molar-refractivity contribution in [3.05, 3.63) is 28.8 Å². The van der Waals surface area contributed by atoms with Crippen LogP contribution in [0, 0.1) is 12.1 Å². The summed E-state index contributed by atoms with van der Waals surface area (Å²) in [5, 5.41) is 7.89. The first-order valence-electron chi connectivity index (χ1n) is 6.53. The second-order valence-corrected chi connectivity index (χ2v) is 4.90. The minimum absolute atomic E-state index is 0.123. The van der Waals surface area contributed by atoms with Crippen LogP contribution in [0.4, 0.5) is 5.69 Å². The molecule has 0 aromatic heterocycles. The summed E-state index contributed by atoms with van der Waals surface area (Å²) in [7, 11) is 0. The fraction of sp³-hybridized carbons (Fsp3) is 0.357. The van der Waals surface area contributed by atoms with Crippen molar-refractivity contribution < 1.29 is 14.4 Å². The molecule has 1 fully saturated rings. The molecule has 6 nitrogen and oxygen atoms in total. The van der Waals surface area contributed by atoms with Crippen LogP contribution in [0.25, 0.3) is 0 Å². The van der Waals surface area contributed by atoms with E-state index in [2.05, 4.69) is 28.1 Å². The lowest BCUT2D eigenvalue weighted by Crippen LogP contribution is -2.52. The van der Waals surface area contributed by atoms with Crippen molar-refractivity contribution in [1.29, 1.82) is 0 Å². The molecular weight excluding hydrogens is 294 g/mol. The Morgan fingerprint density at radius 2 is 2.29 bits per heavy atom. The summed E-state index contributed by atoms with van der Waals surface area (Å²) in [6.45, 7) is 2.49. The van der Waals surface area contributed by atoms with E-state index in [0.717, 1.165) is 0 Å². The van der Waals surface area contributed by atoms with E-state index >= 15 is 0 Å². The third kappa shape index (κ3) is 3.44. The van der Waals surface area contributed by atoms with Gasteiger partial charge in [-0.25, -0.2) is 0 Å². The molecule has 7 heteroatoms. The summed E-state index contributed by atoms with van der Waals surface area (Å²) in [4.78, 5) is 35.1. The van der Waals surface area contributed by atoms with Gasteiger partial charge in [0, 0.05) is 19.0 Å². The molecule has 2 rings (SSSR count). The van der Waals surface area contributed by atoms with E-state index in [1.165, 1.54) is 0 Å². The third-order valence-electron chi connectivity index (χ3n) is 3.03. The van der Waals surface area contributed by atoms with E-state index in [0.29, 0.717) is 12.2 Å². The number of amides is 3. The predicted molar refractivity (Wildman–Crippen MR) is 76.9 cm³/mol.